The van der Waals surface area contributed by atoms with Crippen LogP contribution in [0.5, 0.6) is 0 Å². The first kappa shape index (κ1) is 19.0. The molecule has 0 aliphatic rings. The van der Waals surface area contributed by atoms with Gasteiger partial charge < -0.3 is 9.84 Å². The predicted molar refractivity (Wildman–Crippen MR) is 96.0 cm³/mol. The molecule has 27 heavy (non-hydrogen) atoms. The van der Waals surface area contributed by atoms with Crippen molar-refractivity contribution in [2.45, 2.75) is 11.9 Å². The van der Waals surface area contributed by atoms with Crippen LogP contribution in [0, 0.1) is 0 Å². The van der Waals surface area contributed by atoms with Gasteiger partial charge in [0.25, 0.3) is 0 Å². The maximum atomic E-state index is 12.9. The molecule has 3 rings (SSSR count). The summed E-state index contributed by atoms with van der Waals surface area (Å²) in [6, 6.07) is 14.1. The number of carbonyl (C=O) groups excluding carboxylic acids is 1. The molecule has 0 radical (unpaired) electrons. The monoisotopic (exact) mass is 393 g/mol. The zero-order valence-electron chi connectivity index (χ0n) is 13.9. The van der Waals surface area contributed by atoms with Gasteiger partial charge in [-0.15, -0.1) is 11.8 Å². The molecule has 0 aliphatic carbocycles. The normalized spacial score (nSPS) is 11.4. The summed E-state index contributed by atoms with van der Waals surface area (Å²) in [5.74, 6) is 0.459. The van der Waals surface area contributed by atoms with Crippen LogP contribution in [0.15, 0.2) is 59.1 Å². The Morgan fingerprint density at radius 3 is 2.52 bits per heavy atom. The molecule has 0 aliphatic heterocycles. The Morgan fingerprint density at radius 1 is 1.07 bits per heavy atom. The number of aromatic nitrogens is 2. The fourth-order valence-electron chi connectivity index (χ4n) is 2.27. The van der Waals surface area contributed by atoms with E-state index in [1.54, 1.807) is 0 Å². The summed E-state index contributed by atoms with van der Waals surface area (Å²) in [6.45, 7) is 0. The Kier molecular flexibility index (Phi) is 5.80. The highest BCUT2D eigenvalue weighted by atomic mass is 32.2. The van der Waals surface area contributed by atoms with E-state index >= 15 is 0 Å². The molecule has 140 valence electrons. The van der Waals surface area contributed by atoms with Crippen molar-refractivity contribution in [2.24, 2.45) is 0 Å². The molecule has 2 aromatic carbocycles. The Morgan fingerprint density at radius 2 is 1.78 bits per heavy atom. The lowest BCUT2D eigenvalue weighted by Crippen LogP contribution is -2.18. The Hall–Kier alpha value is -2.81. The van der Waals surface area contributed by atoms with Gasteiger partial charge in [-0.05, 0) is 12.1 Å². The number of carbonyl (C=O) groups is 1. The molecular weight excluding hydrogens is 379 g/mol. The van der Waals surface area contributed by atoms with E-state index in [2.05, 4.69) is 15.5 Å². The Balaban J connectivity index is 1.53. The third-order valence-corrected chi connectivity index (χ3v) is 4.38. The molecule has 1 amide bonds. The molecule has 0 unspecified atom stereocenters. The summed E-state index contributed by atoms with van der Waals surface area (Å²) in [5.41, 5.74) is -0.341. The standard InChI is InChI=1S/C18H14F3N3O2S/c19-18(20,21)13-8-4-5-9-14(13)22-15(25)10-27-11-16-23-17(24-26-16)12-6-2-1-3-7-12/h1-9H,10-11H2,(H,22,25). The summed E-state index contributed by atoms with van der Waals surface area (Å²) < 4.78 is 43.9. The second-order valence-corrected chi connectivity index (χ2v) is 6.45. The Bertz CT molecular complexity index is 913. The van der Waals surface area contributed by atoms with Crippen LogP contribution in [0.3, 0.4) is 0 Å². The van der Waals surface area contributed by atoms with Gasteiger partial charge in [0.15, 0.2) is 0 Å². The van der Waals surface area contributed by atoms with Gasteiger partial charge in [0.2, 0.25) is 17.6 Å². The van der Waals surface area contributed by atoms with Crippen molar-refractivity contribution in [1.82, 2.24) is 10.1 Å². The van der Waals surface area contributed by atoms with Crippen LogP contribution in [0.1, 0.15) is 11.5 Å². The number of para-hydroxylation sites is 1. The van der Waals surface area contributed by atoms with Crippen molar-refractivity contribution >= 4 is 23.4 Å². The highest BCUT2D eigenvalue weighted by Gasteiger charge is 2.33. The molecule has 0 saturated heterocycles. The second kappa shape index (κ2) is 8.26. The molecule has 0 spiro atoms. The van der Waals surface area contributed by atoms with Crippen molar-refractivity contribution in [3.63, 3.8) is 0 Å². The van der Waals surface area contributed by atoms with Gasteiger partial charge in [-0.1, -0.05) is 47.6 Å². The minimum Gasteiger partial charge on any atom is -0.338 e. The van der Waals surface area contributed by atoms with Crippen LogP contribution >= 0.6 is 11.8 Å². The van der Waals surface area contributed by atoms with Crippen LogP contribution in [0.4, 0.5) is 18.9 Å². The lowest BCUT2D eigenvalue weighted by molar-refractivity contribution is -0.137. The van der Waals surface area contributed by atoms with Crippen LogP contribution in [-0.2, 0) is 16.7 Å². The number of rotatable bonds is 6. The number of hydrogen-bond donors (Lipinski definition) is 1. The van der Waals surface area contributed by atoms with E-state index in [-0.39, 0.29) is 17.2 Å². The third kappa shape index (κ3) is 5.10. The number of halogens is 3. The highest BCUT2D eigenvalue weighted by Crippen LogP contribution is 2.34. The average molecular weight is 393 g/mol. The smallest absolute Gasteiger partial charge is 0.338 e. The van der Waals surface area contributed by atoms with Gasteiger partial charge in [-0.25, -0.2) is 0 Å². The number of anilines is 1. The molecule has 0 bridgehead atoms. The minimum atomic E-state index is -4.53. The maximum absolute atomic E-state index is 12.9. The lowest BCUT2D eigenvalue weighted by Gasteiger charge is -2.13. The lowest BCUT2D eigenvalue weighted by atomic mass is 10.1. The average Bonchev–Trinajstić information content (AvgIpc) is 3.11. The molecule has 9 heteroatoms. The summed E-state index contributed by atoms with van der Waals surface area (Å²) in [7, 11) is 0. The molecule has 1 aromatic heterocycles. The number of amides is 1. The SMILES string of the molecule is O=C(CSCc1nc(-c2ccccc2)no1)Nc1ccccc1C(F)(F)F. The van der Waals surface area contributed by atoms with E-state index in [9.17, 15) is 18.0 Å². The molecule has 0 saturated carbocycles. The second-order valence-electron chi connectivity index (χ2n) is 5.46. The number of alkyl halides is 3. The molecule has 1 heterocycles. The van der Waals surface area contributed by atoms with Crippen molar-refractivity contribution in [3.05, 3.63) is 66.1 Å². The molecule has 3 aromatic rings. The predicted octanol–water partition coefficient (Wildman–Crippen LogP) is 4.63. The first-order valence-electron chi connectivity index (χ1n) is 7.85. The number of benzene rings is 2. The number of nitrogens with one attached hydrogen (secondary N) is 1. The fourth-order valence-corrected chi connectivity index (χ4v) is 2.93. The van der Waals surface area contributed by atoms with E-state index in [0.717, 1.165) is 11.6 Å². The summed E-state index contributed by atoms with van der Waals surface area (Å²) >= 11 is 1.17. The minimum absolute atomic E-state index is 0.0464. The van der Waals surface area contributed by atoms with E-state index in [0.29, 0.717) is 11.7 Å². The molecular formula is C18H14F3N3O2S. The Labute approximate surface area is 157 Å². The maximum Gasteiger partial charge on any atom is 0.418 e. The van der Waals surface area contributed by atoms with Crippen molar-refractivity contribution in [3.8, 4) is 11.4 Å². The summed E-state index contributed by atoms with van der Waals surface area (Å²) in [4.78, 5) is 16.2. The third-order valence-electron chi connectivity index (χ3n) is 3.47. The number of thioether (sulfide) groups is 1. The van der Waals surface area contributed by atoms with E-state index in [4.69, 9.17) is 4.52 Å². The zero-order chi connectivity index (χ0) is 19.3. The van der Waals surface area contributed by atoms with Gasteiger partial charge in [0.1, 0.15) is 0 Å². The quantitative estimate of drug-likeness (QED) is 0.662. The summed E-state index contributed by atoms with van der Waals surface area (Å²) in [5, 5.41) is 6.15. The molecule has 0 fully saturated rings. The van der Waals surface area contributed by atoms with E-state index in [1.165, 1.54) is 30.0 Å². The molecule has 5 nitrogen and oxygen atoms in total. The first-order chi connectivity index (χ1) is 12.9. The molecule has 0 atom stereocenters. The van der Waals surface area contributed by atoms with Crippen LogP contribution in [0.25, 0.3) is 11.4 Å². The van der Waals surface area contributed by atoms with Gasteiger partial charge >= 0.3 is 6.18 Å². The van der Waals surface area contributed by atoms with Crippen LogP contribution in [0.2, 0.25) is 0 Å². The van der Waals surface area contributed by atoms with Crippen molar-refractivity contribution in [2.75, 3.05) is 11.1 Å². The zero-order valence-corrected chi connectivity index (χ0v) is 14.7. The number of hydrogen-bond acceptors (Lipinski definition) is 5. The van der Waals surface area contributed by atoms with E-state index in [1.807, 2.05) is 30.3 Å². The van der Waals surface area contributed by atoms with Crippen molar-refractivity contribution < 1.29 is 22.5 Å². The van der Waals surface area contributed by atoms with Gasteiger partial charge in [0.05, 0.1) is 22.8 Å². The fraction of sp³-hybridized carbons (Fsp3) is 0.167. The topological polar surface area (TPSA) is 68.0 Å². The van der Waals surface area contributed by atoms with Gasteiger partial charge in [-0.2, -0.15) is 18.2 Å². The first-order valence-corrected chi connectivity index (χ1v) is 9.01. The van der Waals surface area contributed by atoms with Crippen molar-refractivity contribution in [1.29, 1.82) is 0 Å². The van der Waals surface area contributed by atoms with Gasteiger partial charge in [-0.3, -0.25) is 4.79 Å². The number of nitrogens with zero attached hydrogens (tertiary/aromatic N) is 2. The van der Waals surface area contributed by atoms with Crippen LogP contribution < -0.4 is 5.32 Å². The highest BCUT2D eigenvalue weighted by molar-refractivity contribution is 7.99. The molecule has 1 N–H and O–H groups in total. The largest absolute Gasteiger partial charge is 0.418 e. The van der Waals surface area contributed by atoms with Gasteiger partial charge in [0, 0.05) is 5.56 Å². The van der Waals surface area contributed by atoms with Crippen LogP contribution in [-0.4, -0.2) is 21.8 Å². The summed E-state index contributed by atoms with van der Waals surface area (Å²) in [6.07, 6.45) is -4.53. The van der Waals surface area contributed by atoms with E-state index < -0.39 is 17.6 Å².